The summed E-state index contributed by atoms with van der Waals surface area (Å²) in [7, 11) is 0. The van der Waals surface area contributed by atoms with E-state index in [9.17, 15) is 9.59 Å². The summed E-state index contributed by atoms with van der Waals surface area (Å²) < 4.78 is 0. The number of hydrogen-bond acceptors (Lipinski definition) is 2. The number of carbonyl (C=O) groups is 2. The molecule has 0 atom stereocenters. The van der Waals surface area contributed by atoms with Crippen LogP contribution in [0.1, 0.15) is 31.8 Å². The normalized spacial score (nSPS) is 10.3. The van der Waals surface area contributed by atoms with Gasteiger partial charge in [0.15, 0.2) is 0 Å². The quantitative estimate of drug-likeness (QED) is 0.747. The summed E-state index contributed by atoms with van der Waals surface area (Å²) in [5.74, 6) is -2.25. The maximum Gasteiger partial charge on any atom is 0.335 e. The smallest absolute Gasteiger partial charge is 0.335 e. The average molecular weight is 286 g/mol. The van der Waals surface area contributed by atoms with Crippen molar-refractivity contribution in [1.29, 1.82) is 0 Å². The molecule has 0 amide bonds. The Hall–Kier alpha value is -2.66. The summed E-state index contributed by atoms with van der Waals surface area (Å²) in [6, 6.07) is 14.1. The first-order valence-electron chi connectivity index (χ1n) is 6.52. The minimum absolute atomic E-state index is 0.00184. The topological polar surface area (TPSA) is 91.2 Å². The second-order valence-corrected chi connectivity index (χ2v) is 4.71. The van der Waals surface area contributed by atoms with E-state index in [1.807, 2.05) is 35.6 Å². The van der Waals surface area contributed by atoms with Gasteiger partial charge in [0.05, 0.1) is 11.1 Å². The zero-order chi connectivity index (χ0) is 15.2. The van der Waals surface area contributed by atoms with Crippen molar-refractivity contribution in [1.82, 2.24) is 0 Å². The largest absolute Gasteiger partial charge is 0.478 e. The van der Waals surface area contributed by atoms with Gasteiger partial charge < -0.3 is 15.5 Å². The second kappa shape index (κ2) is 6.67. The van der Waals surface area contributed by atoms with Crippen LogP contribution < -0.4 is 5.32 Å². The van der Waals surface area contributed by atoms with Gasteiger partial charge in [-0.15, -0.1) is 0 Å². The lowest BCUT2D eigenvalue weighted by Crippen LogP contribution is -2.80. The van der Waals surface area contributed by atoms with Gasteiger partial charge in [0.25, 0.3) is 0 Å². The fourth-order valence-corrected chi connectivity index (χ4v) is 2.08. The number of nitrogens with two attached hydrogens (primary N) is 1. The van der Waals surface area contributed by atoms with Gasteiger partial charge in [0.1, 0.15) is 13.1 Å². The van der Waals surface area contributed by atoms with Crippen LogP contribution in [-0.4, -0.2) is 22.2 Å². The van der Waals surface area contributed by atoms with Crippen LogP contribution in [0.15, 0.2) is 48.5 Å². The van der Waals surface area contributed by atoms with E-state index >= 15 is 0 Å². The summed E-state index contributed by atoms with van der Waals surface area (Å²) in [4.78, 5) is 22.0. The summed E-state index contributed by atoms with van der Waals surface area (Å²) >= 11 is 0. The Labute approximate surface area is 121 Å². The third-order valence-corrected chi connectivity index (χ3v) is 3.09. The molecule has 0 aliphatic rings. The van der Waals surface area contributed by atoms with Gasteiger partial charge in [-0.05, 0) is 18.2 Å². The fraction of sp³-hybridized carbons (Fsp3) is 0.125. The molecule has 5 heteroatoms. The summed E-state index contributed by atoms with van der Waals surface area (Å²) in [6.07, 6.45) is 0. The number of hydrogen-bond donors (Lipinski definition) is 3. The molecule has 0 unspecified atom stereocenters. The van der Waals surface area contributed by atoms with Crippen LogP contribution in [0.4, 0.5) is 0 Å². The van der Waals surface area contributed by atoms with E-state index in [0.717, 1.165) is 12.1 Å². The molecule has 2 aromatic carbocycles. The highest BCUT2D eigenvalue weighted by Gasteiger charge is 2.12. The predicted molar refractivity (Wildman–Crippen MR) is 76.1 cm³/mol. The lowest BCUT2D eigenvalue weighted by atomic mass is 10.1. The van der Waals surface area contributed by atoms with Crippen molar-refractivity contribution in [3.63, 3.8) is 0 Å². The van der Waals surface area contributed by atoms with Gasteiger partial charge >= 0.3 is 11.9 Å². The first-order valence-corrected chi connectivity index (χ1v) is 6.52. The molecule has 4 N–H and O–H groups in total. The molecule has 0 radical (unpaired) electrons. The van der Waals surface area contributed by atoms with Crippen LogP contribution >= 0.6 is 0 Å². The molecule has 5 nitrogen and oxygen atoms in total. The minimum atomic E-state index is -1.12. The van der Waals surface area contributed by atoms with E-state index in [2.05, 4.69) is 0 Å². The standard InChI is InChI=1S/C16H15NO4/c18-15(19)13-6-12(7-14(8-13)16(20)21)10-17-9-11-4-2-1-3-5-11/h1-8,17H,9-10H2,(H,18,19)(H,20,21)/p+1. The van der Waals surface area contributed by atoms with E-state index < -0.39 is 11.9 Å². The summed E-state index contributed by atoms with van der Waals surface area (Å²) in [5.41, 5.74) is 1.84. The highest BCUT2D eigenvalue weighted by Crippen LogP contribution is 2.10. The molecule has 0 aliphatic carbocycles. The first kappa shape index (κ1) is 14.7. The van der Waals surface area contributed by atoms with Crippen molar-refractivity contribution in [2.75, 3.05) is 0 Å². The van der Waals surface area contributed by atoms with Crippen molar-refractivity contribution >= 4 is 11.9 Å². The molecule has 0 bridgehead atoms. The monoisotopic (exact) mass is 286 g/mol. The third-order valence-electron chi connectivity index (χ3n) is 3.09. The number of aromatic carboxylic acids is 2. The Bertz CT molecular complexity index is 620. The first-order chi connectivity index (χ1) is 10.1. The van der Waals surface area contributed by atoms with Crippen LogP contribution in [-0.2, 0) is 13.1 Å². The van der Waals surface area contributed by atoms with E-state index in [1.165, 1.54) is 18.2 Å². The SMILES string of the molecule is O=C(O)c1cc(C[NH2+]Cc2ccccc2)cc(C(=O)O)c1. The maximum absolute atomic E-state index is 11.0. The van der Waals surface area contributed by atoms with Crippen LogP contribution in [0, 0.1) is 0 Å². The highest BCUT2D eigenvalue weighted by atomic mass is 16.4. The van der Waals surface area contributed by atoms with Crippen molar-refractivity contribution in [2.24, 2.45) is 0 Å². The highest BCUT2D eigenvalue weighted by molar-refractivity contribution is 5.94. The van der Waals surface area contributed by atoms with Gasteiger partial charge in [0.2, 0.25) is 0 Å². The fourth-order valence-electron chi connectivity index (χ4n) is 2.08. The van der Waals surface area contributed by atoms with E-state index in [-0.39, 0.29) is 11.1 Å². The van der Waals surface area contributed by atoms with Gasteiger partial charge in [-0.25, -0.2) is 9.59 Å². The van der Waals surface area contributed by atoms with E-state index in [0.29, 0.717) is 12.1 Å². The van der Waals surface area contributed by atoms with Gasteiger partial charge in [-0.1, -0.05) is 30.3 Å². The molecule has 0 spiro atoms. The van der Waals surface area contributed by atoms with E-state index in [1.54, 1.807) is 0 Å². The molecule has 2 aromatic rings. The van der Waals surface area contributed by atoms with Crippen LogP contribution in [0.25, 0.3) is 0 Å². The summed E-state index contributed by atoms with van der Waals surface area (Å²) in [6.45, 7) is 1.27. The molecular formula is C16H16NO4+. The average Bonchev–Trinajstić information content (AvgIpc) is 2.48. The predicted octanol–water partition coefficient (Wildman–Crippen LogP) is 1.35. The number of quaternary nitrogens is 1. The molecule has 0 saturated carbocycles. The Kier molecular flexibility index (Phi) is 4.68. The van der Waals surface area contributed by atoms with Crippen LogP contribution in [0.5, 0.6) is 0 Å². The number of rotatable bonds is 6. The van der Waals surface area contributed by atoms with E-state index in [4.69, 9.17) is 10.2 Å². The van der Waals surface area contributed by atoms with Gasteiger partial charge in [0, 0.05) is 11.1 Å². The lowest BCUT2D eigenvalue weighted by Gasteiger charge is -2.05. The Balaban J connectivity index is 2.08. The number of carboxylic acids is 2. The van der Waals surface area contributed by atoms with Crippen molar-refractivity contribution in [3.8, 4) is 0 Å². The Morgan fingerprint density at radius 3 is 1.86 bits per heavy atom. The number of benzene rings is 2. The lowest BCUT2D eigenvalue weighted by molar-refractivity contribution is -0.686. The molecule has 108 valence electrons. The maximum atomic E-state index is 11.0. The Morgan fingerprint density at radius 1 is 0.810 bits per heavy atom. The molecular weight excluding hydrogens is 270 g/mol. The van der Waals surface area contributed by atoms with Crippen LogP contribution in [0.3, 0.4) is 0 Å². The zero-order valence-electron chi connectivity index (χ0n) is 11.3. The third kappa shape index (κ3) is 4.15. The van der Waals surface area contributed by atoms with Crippen molar-refractivity contribution in [3.05, 3.63) is 70.8 Å². The molecule has 0 saturated heterocycles. The minimum Gasteiger partial charge on any atom is -0.478 e. The van der Waals surface area contributed by atoms with Crippen molar-refractivity contribution < 1.29 is 25.1 Å². The van der Waals surface area contributed by atoms with Crippen LogP contribution in [0.2, 0.25) is 0 Å². The molecule has 0 aliphatic heterocycles. The zero-order valence-corrected chi connectivity index (χ0v) is 11.3. The second-order valence-electron chi connectivity index (χ2n) is 4.71. The Morgan fingerprint density at radius 2 is 1.33 bits per heavy atom. The van der Waals surface area contributed by atoms with Gasteiger partial charge in [-0.2, -0.15) is 0 Å². The summed E-state index contributed by atoms with van der Waals surface area (Å²) in [5, 5.41) is 20.0. The molecule has 2 rings (SSSR count). The van der Waals surface area contributed by atoms with Crippen molar-refractivity contribution in [2.45, 2.75) is 13.1 Å². The number of carboxylic acid groups (broad SMARTS) is 2. The molecule has 0 aromatic heterocycles. The molecule has 0 heterocycles. The molecule has 0 fully saturated rings. The van der Waals surface area contributed by atoms with Gasteiger partial charge in [-0.3, -0.25) is 0 Å². The molecule has 21 heavy (non-hydrogen) atoms.